The number of alkyl halides is 3. The number of hydrogen-bond donors (Lipinski definition) is 2. The van der Waals surface area contributed by atoms with Gasteiger partial charge in [-0.2, -0.15) is 13.2 Å². The lowest BCUT2D eigenvalue weighted by Crippen LogP contribution is -2.37. The molecule has 46 heavy (non-hydrogen) atoms. The zero-order valence-corrected chi connectivity index (χ0v) is 26.6. The van der Waals surface area contributed by atoms with Gasteiger partial charge in [0.1, 0.15) is 17.3 Å². The number of carbonyl (C=O) groups excluding carboxylic acids is 1. The molecule has 2 unspecified atom stereocenters. The second-order valence-corrected chi connectivity index (χ2v) is 13.0. The van der Waals surface area contributed by atoms with Crippen molar-refractivity contribution < 1.29 is 37.3 Å². The Morgan fingerprint density at radius 3 is 2.52 bits per heavy atom. The van der Waals surface area contributed by atoms with Crippen LogP contribution in [-0.4, -0.2) is 94.8 Å². The number of ether oxygens (including phenoxy) is 2. The Bertz CT molecular complexity index is 1400. The molecule has 0 bridgehead atoms. The molecule has 0 aliphatic carbocycles. The van der Waals surface area contributed by atoms with E-state index < -0.39 is 29.7 Å². The SMILES string of the molecule is COCCCOc1ccc(C2N=C(NC(=O)c3cnc(N4CCC(C(=O)O)CC4)cn3)SC2CN2CCC[C@H]2C)cc1C(F)(F)F. The predicted molar refractivity (Wildman–Crippen MR) is 167 cm³/mol. The number of methoxy groups -OCH3 is 1. The first-order valence-electron chi connectivity index (χ1n) is 15.5. The van der Waals surface area contributed by atoms with Gasteiger partial charge in [-0.25, -0.2) is 9.97 Å². The Hall–Kier alpha value is -3.43. The number of carbonyl (C=O) groups is 2. The van der Waals surface area contributed by atoms with E-state index in [1.54, 1.807) is 6.07 Å². The number of nitrogens with zero attached hydrogens (tertiary/aromatic N) is 5. The van der Waals surface area contributed by atoms with Gasteiger partial charge in [-0.15, -0.1) is 0 Å². The van der Waals surface area contributed by atoms with E-state index in [2.05, 4.69) is 27.1 Å². The molecule has 1 amide bonds. The Labute approximate surface area is 270 Å². The zero-order chi connectivity index (χ0) is 32.8. The number of nitrogens with one attached hydrogen (secondary N) is 1. The Kier molecular flexibility index (Phi) is 11.1. The summed E-state index contributed by atoms with van der Waals surface area (Å²) >= 11 is 1.34. The van der Waals surface area contributed by atoms with Crippen LogP contribution in [0.4, 0.5) is 19.0 Å². The summed E-state index contributed by atoms with van der Waals surface area (Å²) in [7, 11) is 1.52. The van der Waals surface area contributed by atoms with Gasteiger partial charge < -0.3 is 19.5 Å². The number of rotatable bonds is 11. The quantitative estimate of drug-likeness (QED) is 0.328. The van der Waals surface area contributed by atoms with Crippen molar-refractivity contribution in [2.75, 3.05) is 51.4 Å². The molecular weight excluding hydrogens is 625 g/mol. The molecule has 2 aromatic rings. The number of piperidine rings is 1. The predicted octanol–water partition coefficient (Wildman–Crippen LogP) is 4.64. The highest BCUT2D eigenvalue weighted by molar-refractivity contribution is 8.14. The van der Waals surface area contributed by atoms with Crippen LogP contribution in [0, 0.1) is 5.92 Å². The van der Waals surface area contributed by atoms with Crippen molar-refractivity contribution in [3.8, 4) is 5.75 Å². The van der Waals surface area contributed by atoms with Gasteiger partial charge in [0, 0.05) is 45.8 Å². The van der Waals surface area contributed by atoms with Gasteiger partial charge in [-0.05, 0) is 56.8 Å². The minimum absolute atomic E-state index is 0.0648. The molecule has 0 spiro atoms. The summed E-state index contributed by atoms with van der Waals surface area (Å²) in [5, 5.41) is 12.1. The summed E-state index contributed by atoms with van der Waals surface area (Å²) in [6.45, 7) is 5.15. The number of halogens is 3. The van der Waals surface area contributed by atoms with Crippen molar-refractivity contribution in [2.24, 2.45) is 10.9 Å². The maximum atomic E-state index is 14.1. The smallest absolute Gasteiger partial charge is 0.419 e. The molecule has 2 N–H and O–H groups in total. The third kappa shape index (κ3) is 8.28. The van der Waals surface area contributed by atoms with E-state index in [-0.39, 0.29) is 29.2 Å². The van der Waals surface area contributed by atoms with Gasteiger partial charge in [0.25, 0.3) is 5.91 Å². The van der Waals surface area contributed by atoms with Gasteiger partial charge in [0.05, 0.1) is 41.8 Å². The second kappa shape index (κ2) is 15.0. The van der Waals surface area contributed by atoms with Gasteiger partial charge >= 0.3 is 12.1 Å². The van der Waals surface area contributed by atoms with E-state index >= 15 is 0 Å². The molecule has 0 saturated carbocycles. The zero-order valence-electron chi connectivity index (χ0n) is 25.8. The number of aromatic nitrogens is 2. The van der Waals surface area contributed by atoms with Crippen molar-refractivity contribution in [3.05, 3.63) is 47.4 Å². The lowest BCUT2D eigenvalue weighted by molar-refractivity contribution is -0.142. The number of amides is 1. The number of hydrogen-bond acceptors (Lipinski definition) is 10. The number of aliphatic imine (C=N–C) groups is 1. The average molecular weight is 665 g/mol. The summed E-state index contributed by atoms with van der Waals surface area (Å²) < 4.78 is 52.9. The van der Waals surface area contributed by atoms with Crippen molar-refractivity contribution in [2.45, 2.75) is 62.5 Å². The highest BCUT2D eigenvalue weighted by Crippen LogP contribution is 2.43. The Balaban J connectivity index is 1.32. The topological polar surface area (TPSA) is 129 Å². The summed E-state index contributed by atoms with van der Waals surface area (Å²) in [4.78, 5) is 42.0. The van der Waals surface area contributed by atoms with Crippen LogP contribution in [-0.2, 0) is 15.7 Å². The van der Waals surface area contributed by atoms with Gasteiger partial charge in [0.2, 0.25) is 0 Å². The van der Waals surface area contributed by atoms with Crippen LogP contribution in [0.25, 0.3) is 0 Å². The molecule has 5 rings (SSSR count). The molecule has 11 nitrogen and oxygen atoms in total. The fourth-order valence-corrected chi connectivity index (χ4v) is 7.24. The van der Waals surface area contributed by atoms with Gasteiger partial charge in [0.15, 0.2) is 5.17 Å². The number of carboxylic acids is 1. The largest absolute Gasteiger partial charge is 0.493 e. The highest BCUT2D eigenvalue weighted by atomic mass is 32.2. The maximum Gasteiger partial charge on any atom is 0.419 e. The molecule has 2 fully saturated rings. The molecule has 1 aromatic heterocycles. The first-order chi connectivity index (χ1) is 22.0. The summed E-state index contributed by atoms with van der Waals surface area (Å²) in [5.41, 5.74) is -0.410. The molecule has 0 radical (unpaired) electrons. The molecule has 2 saturated heterocycles. The minimum atomic E-state index is -4.63. The minimum Gasteiger partial charge on any atom is -0.493 e. The number of carboxylic acid groups (broad SMARTS) is 1. The van der Waals surface area contributed by atoms with Crippen molar-refractivity contribution in [3.63, 3.8) is 0 Å². The number of benzene rings is 1. The van der Waals surface area contributed by atoms with E-state index in [0.29, 0.717) is 68.1 Å². The third-order valence-corrected chi connectivity index (χ3v) is 9.78. The molecule has 250 valence electrons. The number of amidine groups is 1. The van der Waals surface area contributed by atoms with Crippen LogP contribution >= 0.6 is 11.8 Å². The average Bonchev–Trinajstić information content (AvgIpc) is 3.64. The van der Waals surface area contributed by atoms with Crippen LogP contribution in [0.15, 0.2) is 35.6 Å². The molecular formula is C31H39F3N6O5S. The number of likely N-dealkylation sites (tertiary alicyclic amines) is 1. The molecule has 15 heteroatoms. The third-order valence-electron chi connectivity index (χ3n) is 8.64. The van der Waals surface area contributed by atoms with Gasteiger partial charge in [-0.1, -0.05) is 17.8 Å². The Morgan fingerprint density at radius 2 is 1.89 bits per heavy atom. The summed E-state index contributed by atoms with van der Waals surface area (Å²) in [6.07, 6.45) is 1.77. The van der Waals surface area contributed by atoms with Crippen LogP contribution < -0.4 is 15.0 Å². The normalized spacial score (nSPS) is 22.6. The molecule has 3 aliphatic heterocycles. The van der Waals surface area contributed by atoms with E-state index in [4.69, 9.17) is 14.5 Å². The first kappa shape index (κ1) is 33.9. The van der Waals surface area contributed by atoms with Crippen LogP contribution in [0.2, 0.25) is 0 Å². The molecule has 3 aliphatic rings. The fraction of sp³-hybridized carbons (Fsp3) is 0.581. The lowest BCUT2D eigenvalue weighted by atomic mass is 9.97. The molecule has 1 aromatic carbocycles. The standard InChI is InChI=1S/C31H39F3N6O5S/c1-19-5-3-10-40(19)18-25-27(21-6-7-24(45-14-4-13-44-2)22(15-21)31(32,33)34)37-30(46-25)38-28(41)23-16-36-26(17-35-23)39-11-8-20(9-12-39)29(42)43/h6-7,15-17,19-20,25,27H,3-5,8-14,18H2,1-2H3,(H,42,43)(H,37,38,41)/t19-,25?,27?/m1/s1. The van der Waals surface area contributed by atoms with Crippen LogP contribution in [0.3, 0.4) is 0 Å². The summed E-state index contributed by atoms with van der Waals surface area (Å²) in [6, 6.07) is 3.79. The lowest BCUT2D eigenvalue weighted by Gasteiger charge is -2.30. The van der Waals surface area contributed by atoms with Crippen molar-refractivity contribution >= 4 is 34.6 Å². The maximum absolute atomic E-state index is 14.1. The van der Waals surface area contributed by atoms with Crippen LogP contribution in [0.1, 0.15) is 66.7 Å². The first-order valence-corrected chi connectivity index (χ1v) is 16.3. The monoisotopic (exact) mass is 664 g/mol. The highest BCUT2D eigenvalue weighted by Gasteiger charge is 2.39. The second-order valence-electron chi connectivity index (χ2n) is 11.8. The number of anilines is 1. The number of aliphatic carboxylic acids is 1. The van der Waals surface area contributed by atoms with Crippen LogP contribution in [0.5, 0.6) is 5.75 Å². The Morgan fingerprint density at radius 1 is 1.11 bits per heavy atom. The van der Waals surface area contributed by atoms with Gasteiger partial charge in [-0.3, -0.25) is 24.8 Å². The van der Waals surface area contributed by atoms with E-state index in [1.807, 2.05) is 4.90 Å². The number of thioether (sulfide) groups is 1. The van der Waals surface area contributed by atoms with Crippen molar-refractivity contribution in [1.29, 1.82) is 0 Å². The molecule has 3 atom stereocenters. The fourth-order valence-electron chi connectivity index (χ4n) is 6.01. The van der Waals surface area contributed by atoms with E-state index in [1.165, 1.54) is 37.3 Å². The van der Waals surface area contributed by atoms with E-state index in [9.17, 15) is 27.9 Å². The van der Waals surface area contributed by atoms with Crippen molar-refractivity contribution in [1.82, 2.24) is 20.2 Å². The van der Waals surface area contributed by atoms with E-state index in [0.717, 1.165) is 25.5 Å². The summed E-state index contributed by atoms with van der Waals surface area (Å²) in [5.74, 6) is -1.39. The molecule has 4 heterocycles.